The summed E-state index contributed by atoms with van der Waals surface area (Å²) >= 11 is 0. The van der Waals surface area contributed by atoms with Gasteiger partial charge in [-0.25, -0.2) is 9.59 Å². The molecule has 0 saturated carbocycles. The Balaban J connectivity index is 1.84. The maximum atomic E-state index is 11.4. The number of nitrogens with one attached hydrogen (secondary N) is 1. The van der Waals surface area contributed by atoms with Gasteiger partial charge in [0.25, 0.3) is 11.8 Å². The summed E-state index contributed by atoms with van der Waals surface area (Å²) in [5.74, 6) is -1.15. The lowest BCUT2D eigenvalue weighted by atomic mass is 10.2. The van der Waals surface area contributed by atoms with Crippen LogP contribution in [0.15, 0.2) is 0 Å². The molecular weight excluding hydrogens is 404 g/mol. The van der Waals surface area contributed by atoms with E-state index in [0.717, 1.165) is 0 Å². The Bertz CT molecular complexity index is 560. The van der Waals surface area contributed by atoms with E-state index in [4.69, 9.17) is 23.7 Å². The van der Waals surface area contributed by atoms with Crippen molar-refractivity contribution in [3.63, 3.8) is 0 Å². The molecule has 1 fully saturated rings. The Labute approximate surface area is 175 Å². The Morgan fingerprint density at radius 1 is 0.867 bits per heavy atom. The van der Waals surface area contributed by atoms with E-state index in [-0.39, 0.29) is 32.7 Å². The van der Waals surface area contributed by atoms with Gasteiger partial charge in [0.15, 0.2) is 0 Å². The fraction of sp³-hybridized carbons (Fsp3) is 0.778. The van der Waals surface area contributed by atoms with Gasteiger partial charge in [-0.3, -0.25) is 14.4 Å². The van der Waals surface area contributed by atoms with Crippen LogP contribution in [0.1, 0.15) is 33.6 Å². The highest BCUT2D eigenvalue weighted by molar-refractivity contribution is 6.01. The average molecular weight is 434 g/mol. The molecule has 0 aromatic heterocycles. The highest BCUT2D eigenvalue weighted by Crippen LogP contribution is 2.12. The molecule has 0 unspecified atom stereocenters. The summed E-state index contributed by atoms with van der Waals surface area (Å²) in [4.78, 5) is 49.8. The molecule has 1 rings (SSSR count). The number of carbonyl (C=O) groups is 4. The molecule has 0 spiro atoms. The molecule has 1 heterocycles. The van der Waals surface area contributed by atoms with Crippen LogP contribution in [-0.2, 0) is 38.1 Å². The van der Waals surface area contributed by atoms with Crippen molar-refractivity contribution >= 4 is 24.1 Å². The van der Waals surface area contributed by atoms with Crippen molar-refractivity contribution < 1.29 is 47.7 Å². The number of imide groups is 1. The molecule has 1 N–H and O–H groups in total. The third kappa shape index (κ3) is 12.2. The van der Waals surface area contributed by atoms with Crippen LogP contribution >= 0.6 is 0 Å². The van der Waals surface area contributed by atoms with Gasteiger partial charge in [0, 0.05) is 19.4 Å². The minimum Gasteiger partial charge on any atom is -0.444 e. The summed E-state index contributed by atoms with van der Waals surface area (Å²) in [6.07, 6.45) is -1.60. The summed E-state index contributed by atoms with van der Waals surface area (Å²) in [5, 5.41) is 2.98. The quantitative estimate of drug-likeness (QED) is 0.251. The van der Waals surface area contributed by atoms with Crippen molar-refractivity contribution in [3.05, 3.63) is 0 Å². The van der Waals surface area contributed by atoms with Gasteiger partial charge in [0.2, 0.25) is 0 Å². The van der Waals surface area contributed by atoms with E-state index >= 15 is 0 Å². The lowest BCUT2D eigenvalue weighted by molar-refractivity contribution is -0.177. The van der Waals surface area contributed by atoms with Crippen molar-refractivity contribution in [1.29, 1.82) is 0 Å². The predicted molar refractivity (Wildman–Crippen MR) is 100 cm³/mol. The SMILES string of the molecule is CC(C)(C)OC(=O)NCCOCCOCCOCCOC(=O)ON1C(=O)CCC1=O. The van der Waals surface area contributed by atoms with Crippen LogP contribution in [0.3, 0.4) is 0 Å². The Kier molecular flexibility index (Phi) is 11.7. The van der Waals surface area contributed by atoms with Crippen molar-refractivity contribution in [3.8, 4) is 0 Å². The average Bonchev–Trinajstić information content (AvgIpc) is 2.96. The first-order valence-electron chi connectivity index (χ1n) is 9.59. The van der Waals surface area contributed by atoms with Gasteiger partial charge in [0.1, 0.15) is 12.2 Å². The third-order valence-corrected chi connectivity index (χ3v) is 3.28. The van der Waals surface area contributed by atoms with Crippen LogP contribution in [0.4, 0.5) is 9.59 Å². The molecule has 0 atom stereocenters. The first-order chi connectivity index (χ1) is 14.2. The van der Waals surface area contributed by atoms with Crippen LogP contribution < -0.4 is 5.32 Å². The van der Waals surface area contributed by atoms with E-state index in [2.05, 4.69) is 10.2 Å². The summed E-state index contributed by atoms with van der Waals surface area (Å²) in [5.41, 5.74) is -0.537. The normalized spacial score (nSPS) is 14.0. The van der Waals surface area contributed by atoms with Gasteiger partial charge in [-0.2, -0.15) is 0 Å². The maximum Gasteiger partial charge on any atom is 0.534 e. The van der Waals surface area contributed by atoms with Crippen molar-refractivity contribution in [2.24, 2.45) is 0 Å². The van der Waals surface area contributed by atoms with Gasteiger partial charge in [-0.15, -0.1) is 0 Å². The zero-order valence-corrected chi connectivity index (χ0v) is 17.6. The van der Waals surface area contributed by atoms with Gasteiger partial charge in [-0.1, -0.05) is 5.06 Å². The van der Waals surface area contributed by atoms with Crippen LogP contribution in [0.2, 0.25) is 0 Å². The lowest BCUT2D eigenvalue weighted by Crippen LogP contribution is -2.34. The van der Waals surface area contributed by atoms with Gasteiger partial charge >= 0.3 is 12.2 Å². The molecule has 12 nitrogen and oxygen atoms in total. The van der Waals surface area contributed by atoms with Crippen molar-refractivity contribution in [2.75, 3.05) is 52.8 Å². The molecule has 0 aromatic carbocycles. The molecule has 1 saturated heterocycles. The third-order valence-electron chi connectivity index (χ3n) is 3.28. The molecule has 12 heteroatoms. The predicted octanol–water partition coefficient (Wildman–Crippen LogP) is 0.778. The second kappa shape index (κ2) is 13.7. The smallest absolute Gasteiger partial charge is 0.444 e. The molecular formula is C18H30N2O10. The second-order valence-electron chi connectivity index (χ2n) is 7.04. The van der Waals surface area contributed by atoms with Crippen molar-refractivity contribution in [1.82, 2.24) is 10.4 Å². The zero-order valence-electron chi connectivity index (χ0n) is 17.6. The topological polar surface area (TPSA) is 139 Å². The van der Waals surface area contributed by atoms with E-state index in [1.807, 2.05) is 0 Å². The van der Waals surface area contributed by atoms with Crippen LogP contribution in [-0.4, -0.2) is 87.5 Å². The lowest BCUT2D eigenvalue weighted by Gasteiger charge is -2.19. The highest BCUT2D eigenvalue weighted by atomic mass is 16.8. The first-order valence-corrected chi connectivity index (χ1v) is 9.59. The number of carbonyl (C=O) groups excluding carboxylic acids is 4. The zero-order chi connectivity index (χ0) is 22.4. The standard InChI is InChI=1S/C18H30N2O10/c1-18(2,3)29-16(23)19-6-7-25-8-9-26-10-11-27-12-13-28-17(24)30-20-14(21)4-5-15(20)22/h4-13H2,1-3H3,(H,19,23). The maximum absolute atomic E-state index is 11.4. The fourth-order valence-corrected chi connectivity index (χ4v) is 2.02. The molecule has 172 valence electrons. The van der Waals surface area contributed by atoms with E-state index < -0.39 is 29.7 Å². The minimum atomic E-state index is -1.14. The minimum absolute atomic E-state index is 0.0171. The van der Waals surface area contributed by atoms with Crippen LogP contribution in [0.5, 0.6) is 0 Å². The van der Waals surface area contributed by atoms with E-state index in [1.165, 1.54) is 0 Å². The number of amides is 3. The molecule has 0 aromatic rings. The molecule has 0 bridgehead atoms. The Morgan fingerprint density at radius 3 is 1.90 bits per heavy atom. The molecule has 0 aliphatic carbocycles. The summed E-state index contributed by atoms with van der Waals surface area (Å²) < 4.78 is 25.6. The number of hydroxylamine groups is 2. The van der Waals surface area contributed by atoms with E-state index in [0.29, 0.717) is 38.0 Å². The number of ether oxygens (including phenoxy) is 5. The molecule has 0 radical (unpaired) electrons. The summed E-state index contributed by atoms with van der Waals surface area (Å²) in [6, 6.07) is 0. The number of hydrogen-bond donors (Lipinski definition) is 1. The Hall–Kier alpha value is -2.44. The summed E-state index contributed by atoms with van der Waals surface area (Å²) in [6.45, 7) is 7.35. The van der Waals surface area contributed by atoms with E-state index in [1.54, 1.807) is 20.8 Å². The largest absolute Gasteiger partial charge is 0.534 e. The van der Waals surface area contributed by atoms with Crippen LogP contribution in [0.25, 0.3) is 0 Å². The second-order valence-corrected chi connectivity index (χ2v) is 7.04. The van der Waals surface area contributed by atoms with Crippen molar-refractivity contribution in [2.45, 2.75) is 39.2 Å². The number of rotatable bonds is 13. The molecule has 30 heavy (non-hydrogen) atoms. The fourth-order valence-electron chi connectivity index (χ4n) is 2.02. The van der Waals surface area contributed by atoms with Crippen LogP contribution in [0, 0.1) is 0 Å². The van der Waals surface area contributed by atoms with E-state index in [9.17, 15) is 19.2 Å². The van der Waals surface area contributed by atoms with Gasteiger partial charge in [-0.05, 0) is 20.8 Å². The van der Waals surface area contributed by atoms with Gasteiger partial charge < -0.3 is 29.0 Å². The summed E-state index contributed by atoms with van der Waals surface area (Å²) in [7, 11) is 0. The molecule has 1 aliphatic rings. The molecule has 3 amide bonds. The van der Waals surface area contributed by atoms with Gasteiger partial charge in [0.05, 0.1) is 39.6 Å². The first kappa shape index (κ1) is 25.6. The highest BCUT2D eigenvalue weighted by Gasteiger charge is 2.33. The Morgan fingerprint density at radius 2 is 1.37 bits per heavy atom. The monoisotopic (exact) mass is 434 g/mol. The molecule has 1 aliphatic heterocycles. The number of alkyl carbamates (subject to hydrolysis) is 1. The number of nitrogens with zero attached hydrogens (tertiary/aromatic N) is 1. The number of hydrogen-bond acceptors (Lipinski definition) is 10.